The van der Waals surface area contributed by atoms with Gasteiger partial charge in [-0.3, -0.25) is 4.79 Å². The van der Waals surface area contributed by atoms with Crippen molar-refractivity contribution >= 4 is 39.2 Å². The first-order valence-electron chi connectivity index (χ1n) is 12.0. The van der Waals surface area contributed by atoms with Crippen molar-refractivity contribution in [1.82, 2.24) is 0 Å². The van der Waals surface area contributed by atoms with Gasteiger partial charge in [-0.05, 0) is 60.0 Å². The average molecular weight is 546 g/mol. The van der Waals surface area contributed by atoms with Crippen LogP contribution >= 0.6 is 11.8 Å². The van der Waals surface area contributed by atoms with Gasteiger partial charge < -0.3 is 10.4 Å². The first-order valence-corrected chi connectivity index (χ1v) is 14.6. The molecule has 0 fully saturated rings. The molecule has 0 unspecified atom stereocenters. The monoisotopic (exact) mass is 545 g/mol. The van der Waals surface area contributed by atoms with Crippen LogP contribution in [0, 0.1) is 6.92 Å². The molecule has 0 aromatic heterocycles. The van der Waals surface area contributed by atoms with E-state index in [0.29, 0.717) is 16.3 Å². The van der Waals surface area contributed by atoms with Crippen molar-refractivity contribution in [3.8, 4) is 11.1 Å². The highest BCUT2D eigenvalue weighted by atomic mass is 32.2. The fourth-order valence-corrected chi connectivity index (χ4v) is 6.44. The highest BCUT2D eigenvalue weighted by Crippen LogP contribution is 2.36. The Kier molecular flexibility index (Phi) is 8.66. The second-order valence-electron chi connectivity index (χ2n) is 8.76. The summed E-state index contributed by atoms with van der Waals surface area (Å²) in [4.78, 5) is 25.5. The first-order chi connectivity index (χ1) is 18.2. The Hall–Kier alpha value is -3.88. The Labute approximate surface area is 226 Å². The third-order valence-electron chi connectivity index (χ3n) is 5.86. The second kappa shape index (κ2) is 12.1. The van der Waals surface area contributed by atoms with Crippen molar-refractivity contribution in [3.05, 3.63) is 114 Å². The Balaban J connectivity index is 1.66. The number of hydrogen-bond acceptors (Lipinski definition) is 5. The summed E-state index contributed by atoms with van der Waals surface area (Å²) < 4.78 is 26.2. The van der Waals surface area contributed by atoms with Crippen LogP contribution in [0.25, 0.3) is 11.1 Å². The van der Waals surface area contributed by atoms with E-state index in [1.54, 1.807) is 24.3 Å². The van der Waals surface area contributed by atoms with Crippen molar-refractivity contribution in [2.24, 2.45) is 0 Å². The molecule has 0 saturated carbocycles. The van der Waals surface area contributed by atoms with Crippen LogP contribution in [0.4, 0.5) is 5.69 Å². The number of carboxylic acid groups (broad SMARTS) is 1. The lowest BCUT2D eigenvalue weighted by molar-refractivity contribution is -0.115. The number of aromatic carboxylic acids is 1. The molecule has 8 heteroatoms. The van der Waals surface area contributed by atoms with E-state index in [-0.39, 0.29) is 28.4 Å². The number of para-hydroxylation sites is 1. The standard InChI is InChI=1S/C30H27NO5S2/c1-21-9-8-10-22(17-21)26-18-23(20-38(35,36)25-13-6-3-7-14-25)27(30(33)34)19-28(26)37-16-15-29(32)31-24-11-4-2-5-12-24/h2-14,17-19H,15-16,20H2,1H3,(H,31,32)(H,33,34). The zero-order chi connectivity index (χ0) is 27.1. The van der Waals surface area contributed by atoms with Gasteiger partial charge in [-0.25, -0.2) is 13.2 Å². The number of carboxylic acids is 1. The third kappa shape index (κ3) is 6.90. The molecule has 4 aromatic rings. The van der Waals surface area contributed by atoms with Crippen molar-refractivity contribution < 1.29 is 23.1 Å². The van der Waals surface area contributed by atoms with Gasteiger partial charge in [0.1, 0.15) is 0 Å². The number of hydrogen-bond donors (Lipinski definition) is 2. The number of carbonyl (C=O) groups is 2. The molecule has 1 amide bonds. The van der Waals surface area contributed by atoms with E-state index in [1.807, 2.05) is 61.5 Å². The summed E-state index contributed by atoms with van der Waals surface area (Å²) in [6.45, 7) is 1.95. The maximum Gasteiger partial charge on any atom is 0.336 e. The first kappa shape index (κ1) is 27.2. The fourth-order valence-electron chi connectivity index (χ4n) is 4.02. The van der Waals surface area contributed by atoms with Crippen LogP contribution in [-0.2, 0) is 20.4 Å². The molecular formula is C30H27NO5S2. The largest absolute Gasteiger partial charge is 0.478 e. The zero-order valence-electron chi connectivity index (χ0n) is 20.8. The van der Waals surface area contributed by atoms with Crippen LogP contribution in [0.15, 0.2) is 107 Å². The Bertz CT molecular complexity index is 1550. The van der Waals surface area contributed by atoms with Crippen LogP contribution in [0.3, 0.4) is 0 Å². The van der Waals surface area contributed by atoms with E-state index in [2.05, 4.69) is 5.32 Å². The van der Waals surface area contributed by atoms with E-state index in [9.17, 15) is 23.1 Å². The minimum absolute atomic E-state index is 0.0721. The van der Waals surface area contributed by atoms with Crippen molar-refractivity contribution in [3.63, 3.8) is 0 Å². The lowest BCUT2D eigenvalue weighted by atomic mass is 9.98. The highest BCUT2D eigenvalue weighted by molar-refractivity contribution is 7.99. The summed E-state index contributed by atoms with van der Waals surface area (Å²) in [5.41, 5.74) is 3.43. The Morgan fingerprint density at radius 3 is 2.21 bits per heavy atom. The quantitative estimate of drug-likeness (QED) is 0.222. The van der Waals surface area contributed by atoms with Gasteiger partial charge >= 0.3 is 5.97 Å². The molecule has 0 aliphatic heterocycles. The van der Waals surface area contributed by atoms with E-state index < -0.39 is 21.6 Å². The summed E-state index contributed by atoms with van der Waals surface area (Å²) in [5, 5.41) is 12.8. The number of rotatable bonds is 10. The lowest BCUT2D eigenvalue weighted by Gasteiger charge is -2.16. The maximum absolute atomic E-state index is 13.1. The Morgan fingerprint density at radius 2 is 1.55 bits per heavy atom. The predicted molar refractivity (Wildman–Crippen MR) is 151 cm³/mol. The molecule has 0 radical (unpaired) electrons. The molecule has 4 rings (SSSR count). The molecule has 2 N–H and O–H groups in total. The van der Waals surface area contributed by atoms with Gasteiger partial charge in [-0.2, -0.15) is 0 Å². The molecule has 0 aliphatic carbocycles. The predicted octanol–water partition coefficient (Wildman–Crippen LogP) is 6.46. The van der Waals surface area contributed by atoms with Crippen LogP contribution < -0.4 is 5.32 Å². The van der Waals surface area contributed by atoms with Crippen LogP contribution in [0.5, 0.6) is 0 Å². The zero-order valence-corrected chi connectivity index (χ0v) is 22.4. The molecule has 0 atom stereocenters. The molecule has 38 heavy (non-hydrogen) atoms. The highest BCUT2D eigenvalue weighted by Gasteiger charge is 2.23. The maximum atomic E-state index is 13.1. The number of sulfone groups is 1. The summed E-state index contributed by atoms with van der Waals surface area (Å²) in [5.74, 6) is -1.38. The molecule has 0 saturated heterocycles. The molecule has 0 bridgehead atoms. The molecule has 4 aromatic carbocycles. The topological polar surface area (TPSA) is 101 Å². The second-order valence-corrected chi connectivity index (χ2v) is 11.9. The van der Waals surface area contributed by atoms with Crippen molar-refractivity contribution in [1.29, 1.82) is 0 Å². The van der Waals surface area contributed by atoms with Gasteiger partial charge in [-0.1, -0.05) is 66.2 Å². The number of amides is 1. The number of aryl methyl sites for hydroxylation is 1. The van der Waals surface area contributed by atoms with E-state index >= 15 is 0 Å². The van der Waals surface area contributed by atoms with Gasteiger partial charge in [0.15, 0.2) is 9.84 Å². The van der Waals surface area contributed by atoms with Crippen molar-refractivity contribution in [2.75, 3.05) is 11.1 Å². The molecule has 0 spiro atoms. The minimum atomic E-state index is -3.77. The minimum Gasteiger partial charge on any atom is -0.478 e. The van der Waals surface area contributed by atoms with E-state index in [1.165, 1.54) is 30.0 Å². The van der Waals surface area contributed by atoms with Crippen molar-refractivity contribution in [2.45, 2.75) is 28.9 Å². The summed E-state index contributed by atoms with van der Waals surface area (Å²) >= 11 is 1.37. The average Bonchev–Trinajstić information content (AvgIpc) is 2.90. The summed E-state index contributed by atoms with van der Waals surface area (Å²) in [6, 6.07) is 28.1. The summed E-state index contributed by atoms with van der Waals surface area (Å²) in [7, 11) is -3.77. The smallest absolute Gasteiger partial charge is 0.336 e. The fraction of sp³-hybridized carbons (Fsp3) is 0.133. The van der Waals surface area contributed by atoms with Gasteiger partial charge in [0, 0.05) is 22.8 Å². The normalized spacial score (nSPS) is 11.2. The Morgan fingerprint density at radius 1 is 0.868 bits per heavy atom. The van der Waals surface area contributed by atoms with Gasteiger partial charge in [0.05, 0.1) is 16.2 Å². The number of anilines is 1. The SMILES string of the molecule is Cc1cccc(-c2cc(CS(=O)(=O)c3ccccc3)c(C(=O)O)cc2SCCC(=O)Nc2ccccc2)c1. The van der Waals surface area contributed by atoms with Gasteiger partial charge in [0.2, 0.25) is 5.91 Å². The molecular weight excluding hydrogens is 518 g/mol. The van der Waals surface area contributed by atoms with Gasteiger partial charge in [0.25, 0.3) is 0 Å². The molecule has 6 nitrogen and oxygen atoms in total. The molecule has 0 aliphatic rings. The number of nitrogens with one attached hydrogen (secondary N) is 1. The van der Waals surface area contributed by atoms with E-state index in [0.717, 1.165) is 16.7 Å². The van der Waals surface area contributed by atoms with Crippen LogP contribution in [-0.4, -0.2) is 31.2 Å². The van der Waals surface area contributed by atoms with Crippen LogP contribution in [0.2, 0.25) is 0 Å². The third-order valence-corrected chi connectivity index (χ3v) is 8.60. The van der Waals surface area contributed by atoms with Crippen LogP contribution in [0.1, 0.15) is 27.9 Å². The lowest BCUT2D eigenvalue weighted by Crippen LogP contribution is -2.12. The molecule has 194 valence electrons. The van der Waals surface area contributed by atoms with Gasteiger partial charge in [-0.15, -0.1) is 11.8 Å². The molecule has 0 heterocycles. The summed E-state index contributed by atoms with van der Waals surface area (Å²) in [6.07, 6.45) is 0.222. The van der Waals surface area contributed by atoms with E-state index in [4.69, 9.17) is 0 Å². The number of carbonyl (C=O) groups excluding carboxylic acids is 1. The number of benzene rings is 4. The number of thioether (sulfide) groups is 1.